The molecule has 0 rings (SSSR count). The molecular formula is C24H46O6S2. The summed E-state index contributed by atoms with van der Waals surface area (Å²) in [7, 11) is -6.50. The van der Waals surface area contributed by atoms with Gasteiger partial charge in [-0.25, -0.2) is 16.8 Å². The molecule has 0 aromatic carbocycles. The first-order valence-corrected chi connectivity index (χ1v) is 15.9. The van der Waals surface area contributed by atoms with Gasteiger partial charge in [0.25, 0.3) is 0 Å². The zero-order valence-corrected chi connectivity index (χ0v) is 22.4. The van der Waals surface area contributed by atoms with E-state index in [1.54, 1.807) is 13.8 Å². The van der Waals surface area contributed by atoms with Gasteiger partial charge in [-0.2, -0.15) is 0 Å². The highest BCUT2D eigenvalue weighted by Gasteiger charge is 2.24. The standard InChI is InChI=1S/C24H46O6S2/c1-5-7-15-23(25)19-21(3)31(27,28)17-13-11-9-10-12-14-18-32(29,30)22(4)20-24(26)16-8-6-2/h21-22H,5-20H2,1-4H3. The zero-order valence-electron chi connectivity index (χ0n) is 20.7. The van der Waals surface area contributed by atoms with Crippen LogP contribution in [0.4, 0.5) is 0 Å². The molecule has 0 aliphatic heterocycles. The Morgan fingerprint density at radius 2 is 0.875 bits per heavy atom. The van der Waals surface area contributed by atoms with Crippen molar-refractivity contribution in [3.63, 3.8) is 0 Å². The van der Waals surface area contributed by atoms with Crippen LogP contribution in [0.5, 0.6) is 0 Å². The topological polar surface area (TPSA) is 102 Å². The zero-order chi connectivity index (χ0) is 24.6. The van der Waals surface area contributed by atoms with Crippen LogP contribution in [-0.2, 0) is 29.3 Å². The lowest BCUT2D eigenvalue weighted by molar-refractivity contribution is -0.119. The average molecular weight is 495 g/mol. The number of ketones is 2. The number of hydrogen-bond donors (Lipinski definition) is 0. The second-order valence-electron chi connectivity index (χ2n) is 9.17. The van der Waals surface area contributed by atoms with Crippen LogP contribution in [0, 0.1) is 0 Å². The molecule has 0 spiro atoms. The monoisotopic (exact) mass is 494 g/mol. The molecule has 0 amide bonds. The number of hydrogen-bond acceptors (Lipinski definition) is 6. The maximum Gasteiger partial charge on any atom is 0.153 e. The van der Waals surface area contributed by atoms with Crippen LogP contribution in [0.25, 0.3) is 0 Å². The molecule has 0 fully saturated rings. The van der Waals surface area contributed by atoms with Gasteiger partial charge in [-0.05, 0) is 39.5 Å². The molecule has 8 heteroatoms. The van der Waals surface area contributed by atoms with Gasteiger partial charge < -0.3 is 0 Å². The predicted molar refractivity (Wildman–Crippen MR) is 132 cm³/mol. The molecule has 0 aromatic rings. The third kappa shape index (κ3) is 14.4. The Morgan fingerprint density at radius 1 is 0.562 bits per heavy atom. The quantitative estimate of drug-likeness (QED) is 0.202. The Hall–Kier alpha value is -0.760. The van der Waals surface area contributed by atoms with Crippen molar-refractivity contribution in [1.82, 2.24) is 0 Å². The van der Waals surface area contributed by atoms with Crippen LogP contribution in [0.2, 0.25) is 0 Å². The number of carbonyl (C=O) groups is 2. The van der Waals surface area contributed by atoms with Crippen LogP contribution in [0.1, 0.15) is 118 Å². The van der Waals surface area contributed by atoms with Gasteiger partial charge in [0.15, 0.2) is 19.7 Å². The van der Waals surface area contributed by atoms with Crippen LogP contribution < -0.4 is 0 Å². The number of sulfone groups is 2. The second-order valence-corrected chi connectivity index (χ2v) is 14.2. The van der Waals surface area contributed by atoms with E-state index >= 15 is 0 Å². The Bertz CT molecular complexity index is 676. The van der Waals surface area contributed by atoms with Crippen molar-refractivity contribution in [3.8, 4) is 0 Å². The minimum Gasteiger partial charge on any atom is -0.300 e. The number of carbonyl (C=O) groups excluding carboxylic acids is 2. The summed E-state index contributed by atoms with van der Waals surface area (Å²) < 4.78 is 49.4. The minimum absolute atomic E-state index is 0.0255. The molecule has 0 heterocycles. The van der Waals surface area contributed by atoms with Crippen LogP contribution >= 0.6 is 0 Å². The molecule has 0 saturated carbocycles. The van der Waals surface area contributed by atoms with Crippen molar-refractivity contribution in [2.24, 2.45) is 0 Å². The van der Waals surface area contributed by atoms with Gasteiger partial charge in [0.2, 0.25) is 0 Å². The van der Waals surface area contributed by atoms with Gasteiger partial charge >= 0.3 is 0 Å². The highest BCUT2D eigenvalue weighted by molar-refractivity contribution is 7.92. The summed E-state index contributed by atoms with van der Waals surface area (Å²) in [5.41, 5.74) is 0. The molecular weight excluding hydrogens is 448 g/mol. The van der Waals surface area contributed by atoms with Gasteiger partial charge in [0.1, 0.15) is 11.6 Å². The molecule has 6 nitrogen and oxygen atoms in total. The Kier molecular flexibility index (Phi) is 16.4. The fraction of sp³-hybridized carbons (Fsp3) is 0.917. The molecule has 32 heavy (non-hydrogen) atoms. The van der Waals surface area contributed by atoms with Gasteiger partial charge in [0.05, 0.1) is 22.0 Å². The van der Waals surface area contributed by atoms with E-state index in [1.165, 1.54) is 0 Å². The summed E-state index contributed by atoms with van der Waals surface area (Å²) in [6.45, 7) is 7.26. The SMILES string of the molecule is CCCCC(=O)CC(C)S(=O)(=O)CCCCCCCCS(=O)(=O)C(C)CC(=O)CCCC. The lowest BCUT2D eigenvalue weighted by Gasteiger charge is -2.13. The van der Waals surface area contributed by atoms with E-state index in [-0.39, 0.29) is 35.9 Å². The van der Waals surface area contributed by atoms with E-state index in [0.29, 0.717) is 25.7 Å². The van der Waals surface area contributed by atoms with Gasteiger partial charge in [0, 0.05) is 25.7 Å². The minimum atomic E-state index is -3.25. The normalized spacial score (nSPS) is 14.2. The maximum atomic E-state index is 12.3. The molecule has 2 atom stereocenters. The first kappa shape index (κ1) is 31.2. The second kappa shape index (κ2) is 16.8. The summed E-state index contributed by atoms with van der Waals surface area (Å²) in [4.78, 5) is 23.6. The van der Waals surface area contributed by atoms with Gasteiger partial charge in [-0.3, -0.25) is 9.59 Å². The molecule has 190 valence electrons. The first-order valence-electron chi connectivity index (χ1n) is 12.4. The van der Waals surface area contributed by atoms with Crippen LogP contribution in [0.3, 0.4) is 0 Å². The predicted octanol–water partition coefficient (Wildman–Crippen LogP) is 5.23. The van der Waals surface area contributed by atoms with Crippen LogP contribution in [-0.4, -0.2) is 50.4 Å². The molecule has 2 unspecified atom stereocenters. The maximum absolute atomic E-state index is 12.3. The fourth-order valence-corrected chi connectivity index (χ4v) is 6.46. The van der Waals surface area contributed by atoms with Gasteiger partial charge in [-0.15, -0.1) is 0 Å². The summed E-state index contributed by atoms with van der Waals surface area (Å²) in [6, 6.07) is 0. The van der Waals surface area contributed by atoms with Gasteiger partial charge in [-0.1, -0.05) is 52.4 Å². The lowest BCUT2D eigenvalue weighted by atomic mass is 10.1. The molecule has 0 aliphatic carbocycles. The highest BCUT2D eigenvalue weighted by atomic mass is 32.2. The Morgan fingerprint density at radius 3 is 1.19 bits per heavy atom. The van der Waals surface area contributed by atoms with E-state index in [0.717, 1.165) is 51.4 Å². The average Bonchev–Trinajstić information content (AvgIpc) is 2.72. The summed E-state index contributed by atoms with van der Waals surface area (Å²) >= 11 is 0. The van der Waals surface area contributed by atoms with Crippen molar-refractivity contribution >= 4 is 31.2 Å². The molecule has 0 N–H and O–H groups in total. The van der Waals surface area contributed by atoms with Crippen molar-refractivity contribution < 1.29 is 26.4 Å². The Balaban J connectivity index is 4.03. The first-order chi connectivity index (χ1) is 15.0. The smallest absolute Gasteiger partial charge is 0.153 e. The highest BCUT2D eigenvalue weighted by Crippen LogP contribution is 2.15. The fourth-order valence-electron chi connectivity index (χ4n) is 3.56. The van der Waals surface area contributed by atoms with E-state index in [4.69, 9.17) is 0 Å². The van der Waals surface area contributed by atoms with E-state index in [9.17, 15) is 26.4 Å². The third-order valence-electron chi connectivity index (χ3n) is 5.98. The number of rotatable bonds is 21. The van der Waals surface area contributed by atoms with E-state index in [2.05, 4.69) is 0 Å². The third-order valence-corrected chi connectivity index (χ3v) is 10.5. The van der Waals surface area contributed by atoms with E-state index < -0.39 is 30.2 Å². The largest absolute Gasteiger partial charge is 0.300 e. The summed E-state index contributed by atoms with van der Waals surface area (Å²) in [6.07, 6.45) is 9.05. The molecule has 0 aromatic heterocycles. The van der Waals surface area contributed by atoms with E-state index in [1.807, 2.05) is 13.8 Å². The van der Waals surface area contributed by atoms with Crippen LogP contribution in [0.15, 0.2) is 0 Å². The molecule has 0 saturated heterocycles. The molecule has 0 bridgehead atoms. The number of unbranched alkanes of at least 4 members (excludes halogenated alkanes) is 7. The van der Waals surface area contributed by atoms with Crippen molar-refractivity contribution in [1.29, 1.82) is 0 Å². The van der Waals surface area contributed by atoms with Crippen molar-refractivity contribution in [2.45, 2.75) is 128 Å². The Labute approximate surface area is 197 Å². The molecule has 0 radical (unpaired) electrons. The van der Waals surface area contributed by atoms with Crippen molar-refractivity contribution in [2.75, 3.05) is 11.5 Å². The summed E-state index contributed by atoms with van der Waals surface area (Å²) in [5, 5.41) is -1.24. The number of Topliss-reactive ketones (excluding diaryl/α,β-unsaturated/α-hetero) is 2. The van der Waals surface area contributed by atoms with Crippen molar-refractivity contribution in [3.05, 3.63) is 0 Å². The lowest BCUT2D eigenvalue weighted by Crippen LogP contribution is -2.24. The molecule has 0 aliphatic rings. The summed E-state index contributed by atoms with van der Waals surface area (Å²) in [5.74, 6) is 0.260.